The van der Waals surface area contributed by atoms with Crippen LogP contribution < -0.4 is 10.6 Å². The van der Waals surface area contributed by atoms with Gasteiger partial charge in [-0.1, -0.05) is 12.1 Å². The standard InChI is InChI=1S/C14H16FN3/c1-18(10-11-3-2-6-17-9-11)13-5-4-12(8-16)14(15)7-13/h2-7,9H,8,10,16H2,1H3. The number of nitrogens with zero attached hydrogens (tertiary/aromatic N) is 2. The van der Waals surface area contributed by atoms with Crippen LogP contribution >= 0.6 is 0 Å². The third kappa shape index (κ3) is 2.84. The molecule has 0 saturated carbocycles. The third-order valence-corrected chi connectivity index (χ3v) is 2.84. The highest BCUT2D eigenvalue weighted by Crippen LogP contribution is 2.19. The van der Waals surface area contributed by atoms with E-state index >= 15 is 0 Å². The van der Waals surface area contributed by atoms with E-state index in [4.69, 9.17) is 5.73 Å². The zero-order valence-corrected chi connectivity index (χ0v) is 10.3. The Morgan fingerprint density at radius 2 is 2.17 bits per heavy atom. The van der Waals surface area contributed by atoms with Gasteiger partial charge in [-0.25, -0.2) is 4.39 Å². The molecule has 0 saturated heterocycles. The molecule has 94 valence electrons. The summed E-state index contributed by atoms with van der Waals surface area (Å²) in [6, 6.07) is 9.00. The minimum Gasteiger partial charge on any atom is -0.370 e. The van der Waals surface area contributed by atoms with E-state index in [2.05, 4.69) is 4.98 Å². The van der Waals surface area contributed by atoms with E-state index in [1.807, 2.05) is 30.1 Å². The lowest BCUT2D eigenvalue weighted by molar-refractivity contribution is 0.610. The molecule has 0 radical (unpaired) electrons. The van der Waals surface area contributed by atoms with Gasteiger partial charge in [-0.05, 0) is 23.8 Å². The second kappa shape index (κ2) is 5.60. The summed E-state index contributed by atoms with van der Waals surface area (Å²) < 4.78 is 13.6. The lowest BCUT2D eigenvalue weighted by atomic mass is 10.1. The second-order valence-corrected chi connectivity index (χ2v) is 4.20. The maximum atomic E-state index is 13.6. The molecule has 2 rings (SSSR count). The van der Waals surface area contributed by atoms with Crippen molar-refractivity contribution in [2.45, 2.75) is 13.1 Å². The molecule has 2 aromatic rings. The molecule has 0 spiro atoms. The molecule has 0 aliphatic heterocycles. The minimum atomic E-state index is -0.256. The van der Waals surface area contributed by atoms with Gasteiger partial charge in [0.05, 0.1) is 0 Å². The van der Waals surface area contributed by atoms with Gasteiger partial charge < -0.3 is 10.6 Å². The summed E-state index contributed by atoms with van der Waals surface area (Å²) in [4.78, 5) is 6.03. The Hall–Kier alpha value is -1.94. The Morgan fingerprint density at radius 1 is 1.33 bits per heavy atom. The minimum absolute atomic E-state index is 0.221. The Kier molecular flexibility index (Phi) is 3.89. The first-order valence-corrected chi connectivity index (χ1v) is 5.79. The molecule has 0 unspecified atom stereocenters. The average Bonchev–Trinajstić information content (AvgIpc) is 2.39. The van der Waals surface area contributed by atoms with Gasteiger partial charge >= 0.3 is 0 Å². The van der Waals surface area contributed by atoms with Crippen molar-refractivity contribution in [1.29, 1.82) is 0 Å². The fraction of sp³-hybridized carbons (Fsp3) is 0.214. The molecule has 0 fully saturated rings. The van der Waals surface area contributed by atoms with Crippen molar-refractivity contribution < 1.29 is 4.39 Å². The molecule has 0 amide bonds. The van der Waals surface area contributed by atoms with Gasteiger partial charge in [0.2, 0.25) is 0 Å². The molecule has 3 nitrogen and oxygen atoms in total. The van der Waals surface area contributed by atoms with Crippen LogP contribution in [0.3, 0.4) is 0 Å². The summed E-state index contributed by atoms with van der Waals surface area (Å²) >= 11 is 0. The van der Waals surface area contributed by atoms with Crippen molar-refractivity contribution in [3.05, 3.63) is 59.7 Å². The molecule has 2 N–H and O–H groups in total. The lowest BCUT2D eigenvalue weighted by Gasteiger charge is -2.19. The van der Waals surface area contributed by atoms with Crippen molar-refractivity contribution in [3.8, 4) is 0 Å². The number of nitrogens with two attached hydrogens (primary N) is 1. The Labute approximate surface area is 106 Å². The van der Waals surface area contributed by atoms with Crippen molar-refractivity contribution >= 4 is 5.69 Å². The van der Waals surface area contributed by atoms with Crippen molar-refractivity contribution in [2.24, 2.45) is 5.73 Å². The number of benzene rings is 1. The van der Waals surface area contributed by atoms with Crippen LogP contribution in [0.2, 0.25) is 0 Å². The first-order valence-electron chi connectivity index (χ1n) is 5.79. The number of halogens is 1. The smallest absolute Gasteiger partial charge is 0.129 e. The summed E-state index contributed by atoms with van der Waals surface area (Å²) in [6.07, 6.45) is 3.54. The fourth-order valence-corrected chi connectivity index (χ4v) is 1.80. The van der Waals surface area contributed by atoms with Gasteiger partial charge in [0, 0.05) is 43.8 Å². The molecule has 0 bridgehead atoms. The van der Waals surface area contributed by atoms with E-state index in [9.17, 15) is 4.39 Å². The van der Waals surface area contributed by atoms with Gasteiger partial charge in [-0.3, -0.25) is 4.98 Å². The first kappa shape index (κ1) is 12.5. The van der Waals surface area contributed by atoms with Gasteiger partial charge in [0.15, 0.2) is 0 Å². The molecule has 18 heavy (non-hydrogen) atoms. The van der Waals surface area contributed by atoms with Gasteiger partial charge in [0.25, 0.3) is 0 Å². The maximum Gasteiger partial charge on any atom is 0.129 e. The Morgan fingerprint density at radius 3 is 2.78 bits per heavy atom. The summed E-state index contributed by atoms with van der Waals surface area (Å²) in [5, 5.41) is 0. The number of pyridine rings is 1. The SMILES string of the molecule is CN(Cc1cccnc1)c1ccc(CN)c(F)c1. The van der Waals surface area contributed by atoms with E-state index in [1.54, 1.807) is 18.5 Å². The van der Waals surface area contributed by atoms with E-state index in [1.165, 1.54) is 6.07 Å². The van der Waals surface area contributed by atoms with E-state index in [0.29, 0.717) is 12.1 Å². The highest BCUT2D eigenvalue weighted by Gasteiger charge is 2.06. The van der Waals surface area contributed by atoms with Gasteiger partial charge in [0.1, 0.15) is 5.82 Å². The van der Waals surface area contributed by atoms with Crippen molar-refractivity contribution in [1.82, 2.24) is 4.98 Å². The molecular weight excluding hydrogens is 229 g/mol. The van der Waals surface area contributed by atoms with Crippen LogP contribution in [0.1, 0.15) is 11.1 Å². The zero-order valence-electron chi connectivity index (χ0n) is 10.3. The van der Waals surface area contributed by atoms with Crippen LogP contribution in [0.4, 0.5) is 10.1 Å². The fourth-order valence-electron chi connectivity index (χ4n) is 1.80. The lowest BCUT2D eigenvalue weighted by Crippen LogP contribution is -2.17. The number of hydrogen-bond donors (Lipinski definition) is 1. The molecular formula is C14H16FN3. The highest BCUT2D eigenvalue weighted by molar-refractivity contribution is 5.48. The maximum absolute atomic E-state index is 13.6. The van der Waals surface area contributed by atoms with Crippen LogP contribution in [-0.4, -0.2) is 12.0 Å². The van der Waals surface area contributed by atoms with Crippen LogP contribution in [0.15, 0.2) is 42.7 Å². The van der Waals surface area contributed by atoms with E-state index in [-0.39, 0.29) is 12.4 Å². The van der Waals surface area contributed by atoms with Gasteiger partial charge in [-0.2, -0.15) is 0 Å². The van der Waals surface area contributed by atoms with Crippen LogP contribution in [0, 0.1) is 5.82 Å². The number of aromatic nitrogens is 1. The zero-order chi connectivity index (χ0) is 13.0. The van der Waals surface area contributed by atoms with Crippen LogP contribution in [0.5, 0.6) is 0 Å². The van der Waals surface area contributed by atoms with Crippen molar-refractivity contribution in [3.63, 3.8) is 0 Å². The number of rotatable bonds is 4. The summed E-state index contributed by atoms with van der Waals surface area (Å²) in [5.74, 6) is -0.256. The molecule has 1 aromatic heterocycles. The predicted octanol–water partition coefficient (Wildman–Crippen LogP) is 2.32. The number of anilines is 1. The predicted molar refractivity (Wildman–Crippen MR) is 70.6 cm³/mol. The van der Waals surface area contributed by atoms with Crippen LogP contribution in [0.25, 0.3) is 0 Å². The normalized spacial score (nSPS) is 10.4. The van der Waals surface area contributed by atoms with Gasteiger partial charge in [-0.15, -0.1) is 0 Å². The summed E-state index contributed by atoms with van der Waals surface area (Å²) in [5.41, 5.74) is 7.89. The van der Waals surface area contributed by atoms with Crippen molar-refractivity contribution in [2.75, 3.05) is 11.9 Å². The highest BCUT2D eigenvalue weighted by atomic mass is 19.1. The molecule has 0 atom stereocenters. The summed E-state index contributed by atoms with van der Waals surface area (Å²) in [7, 11) is 1.92. The van der Waals surface area contributed by atoms with E-state index < -0.39 is 0 Å². The second-order valence-electron chi connectivity index (χ2n) is 4.20. The molecule has 0 aliphatic carbocycles. The van der Waals surface area contributed by atoms with E-state index in [0.717, 1.165) is 11.3 Å². The Balaban J connectivity index is 2.14. The quantitative estimate of drug-likeness (QED) is 0.898. The average molecular weight is 245 g/mol. The largest absolute Gasteiger partial charge is 0.370 e. The molecule has 4 heteroatoms. The molecule has 1 heterocycles. The topological polar surface area (TPSA) is 42.2 Å². The van der Waals surface area contributed by atoms with Crippen LogP contribution in [-0.2, 0) is 13.1 Å². The number of hydrogen-bond acceptors (Lipinski definition) is 3. The monoisotopic (exact) mass is 245 g/mol. The molecule has 0 aliphatic rings. The molecule has 1 aromatic carbocycles. The third-order valence-electron chi connectivity index (χ3n) is 2.84. The Bertz CT molecular complexity index is 514. The summed E-state index contributed by atoms with van der Waals surface area (Å²) in [6.45, 7) is 0.910. The first-order chi connectivity index (χ1) is 8.70.